The first-order valence-electron chi connectivity index (χ1n) is 6.49. The maximum absolute atomic E-state index is 13.2. The van der Waals surface area contributed by atoms with E-state index in [1.54, 1.807) is 6.07 Å². The zero-order chi connectivity index (χ0) is 14.0. The molecule has 0 bridgehead atoms. The summed E-state index contributed by atoms with van der Waals surface area (Å²) >= 11 is 0. The Bertz CT molecular complexity index is 473. The zero-order valence-electron chi connectivity index (χ0n) is 11.5. The van der Waals surface area contributed by atoms with Gasteiger partial charge in [-0.2, -0.15) is 0 Å². The van der Waals surface area contributed by atoms with Crippen molar-refractivity contribution in [1.29, 1.82) is 5.41 Å². The number of nitrogen functional groups attached to an aromatic ring is 1. The van der Waals surface area contributed by atoms with Gasteiger partial charge in [0.15, 0.2) is 0 Å². The Morgan fingerprint density at radius 2 is 2.26 bits per heavy atom. The second-order valence-electron chi connectivity index (χ2n) is 5.36. The van der Waals surface area contributed by atoms with Gasteiger partial charge in [0, 0.05) is 31.2 Å². The number of hydrogen-bond acceptors (Lipinski definition) is 3. The molecule has 0 saturated carbocycles. The van der Waals surface area contributed by atoms with Gasteiger partial charge >= 0.3 is 0 Å². The van der Waals surface area contributed by atoms with Gasteiger partial charge in [-0.3, -0.25) is 10.3 Å². The molecule has 2 rings (SSSR count). The Morgan fingerprint density at radius 3 is 2.84 bits per heavy atom. The summed E-state index contributed by atoms with van der Waals surface area (Å²) in [6.45, 7) is 2.75. The molecule has 0 aromatic heterocycles. The summed E-state index contributed by atoms with van der Waals surface area (Å²) < 4.78 is 13.2. The molecule has 1 aromatic rings. The van der Waals surface area contributed by atoms with Crippen LogP contribution in [-0.4, -0.2) is 48.9 Å². The van der Waals surface area contributed by atoms with E-state index >= 15 is 0 Å². The average molecular weight is 264 g/mol. The fourth-order valence-electron chi connectivity index (χ4n) is 2.56. The molecule has 4 nitrogen and oxygen atoms in total. The van der Waals surface area contributed by atoms with Crippen LogP contribution < -0.4 is 5.73 Å². The largest absolute Gasteiger partial charge is 0.384 e. The molecule has 104 valence electrons. The Hall–Kier alpha value is -1.46. The number of nitrogens with two attached hydrogens (primary N) is 1. The summed E-state index contributed by atoms with van der Waals surface area (Å²) in [5.41, 5.74) is 6.96. The van der Waals surface area contributed by atoms with E-state index in [-0.39, 0.29) is 11.7 Å². The first-order valence-corrected chi connectivity index (χ1v) is 6.49. The van der Waals surface area contributed by atoms with E-state index in [4.69, 9.17) is 11.1 Å². The fraction of sp³-hybridized carbons (Fsp3) is 0.500. The van der Waals surface area contributed by atoms with Crippen LogP contribution in [0.2, 0.25) is 0 Å². The monoisotopic (exact) mass is 264 g/mol. The highest BCUT2D eigenvalue weighted by atomic mass is 19.1. The number of rotatable bonds is 4. The van der Waals surface area contributed by atoms with Crippen molar-refractivity contribution in [3.63, 3.8) is 0 Å². The van der Waals surface area contributed by atoms with Crippen molar-refractivity contribution < 1.29 is 4.39 Å². The normalized spacial score (nSPS) is 20.1. The summed E-state index contributed by atoms with van der Waals surface area (Å²) in [5.74, 6) is -0.417. The molecule has 1 atom stereocenters. The second-order valence-corrected chi connectivity index (χ2v) is 5.36. The third-order valence-electron chi connectivity index (χ3n) is 3.73. The summed E-state index contributed by atoms with van der Waals surface area (Å²) in [6, 6.07) is 5.08. The van der Waals surface area contributed by atoms with Crippen molar-refractivity contribution in [3.8, 4) is 0 Å². The summed E-state index contributed by atoms with van der Waals surface area (Å²) in [5, 5.41) is 7.54. The van der Waals surface area contributed by atoms with Gasteiger partial charge in [0.2, 0.25) is 0 Å². The number of nitrogens with zero attached hydrogens (tertiary/aromatic N) is 2. The number of nitrogens with one attached hydrogen (secondary N) is 1. The van der Waals surface area contributed by atoms with Crippen LogP contribution in [0.3, 0.4) is 0 Å². The van der Waals surface area contributed by atoms with Gasteiger partial charge in [0.1, 0.15) is 11.7 Å². The SMILES string of the molecule is CN(C)C1CCN(Cc2ccc(F)cc2C(=N)N)C1. The van der Waals surface area contributed by atoms with Crippen molar-refractivity contribution in [2.45, 2.75) is 19.0 Å². The van der Waals surface area contributed by atoms with Crippen LogP contribution in [0.1, 0.15) is 17.5 Å². The minimum atomic E-state index is -0.346. The third kappa shape index (κ3) is 3.30. The van der Waals surface area contributed by atoms with Crippen LogP contribution >= 0.6 is 0 Å². The molecule has 1 aliphatic heterocycles. The molecule has 0 aliphatic carbocycles. The minimum absolute atomic E-state index is 0.0714. The topological polar surface area (TPSA) is 56.4 Å². The number of halogens is 1. The van der Waals surface area contributed by atoms with E-state index in [0.29, 0.717) is 11.6 Å². The summed E-state index contributed by atoms with van der Waals surface area (Å²) in [4.78, 5) is 4.56. The van der Waals surface area contributed by atoms with Crippen LogP contribution in [0.4, 0.5) is 4.39 Å². The standard InChI is InChI=1S/C14H21FN4/c1-18(2)12-5-6-19(9-12)8-10-3-4-11(15)7-13(10)14(16)17/h3-4,7,12H,5-6,8-9H2,1-2H3,(H3,16,17). The predicted molar refractivity (Wildman–Crippen MR) is 74.8 cm³/mol. The Balaban J connectivity index is 2.10. The Kier molecular flexibility index (Phi) is 4.17. The molecule has 1 fully saturated rings. The minimum Gasteiger partial charge on any atom is -0.384 e. The molecule has 1 saturated heterocycles. The number of likely N-dealkylation sites (N-methyl/N-ethyl adjacent to an activating group) is 1. The van der Waals surface area contributed by atoms with Gasteiger partial charge in [-0.25, -0.2) is 4.39 Å². The highest BCUT2D eigenvalue weighted by Gasteiger charge is 2.24. The van der Waals surface area contributed by atoms with Gasteiger partial charge < -0.3 is 10.6 Å². The van der Waals surface area contributed by atoms with E-state index in [0.717, 1.165) is 31.6 Å². The Morgan fingerprint density at radius 1 is 1.53 bits per heavy atom. The quantitative estimate of drug-likeness (QED) is 0.635. The van der Waals surface area contributed by atoms with Crippen molar-refractivity contribution in [1.82, 2.24) is 9.80 Å². The number of benzene rings is 1. The molecule has 0 spiro atoms. The molecule has 19 heavy (non-hydrogen) atoms. The molecule has 0 amide bonds. The number of hydrogen-bond donors (Lipinski definition) is 2. The smallest absolute Gasteiger partial charge is 0.123 e. The van der Waals surface area contributed by atoms with Crippen LogP contribution in [0.25, 0.3) is 0 Å². The van der Waals surface area contributed by atoms with Crippen LogP contribution in [-0.2, 0) is 6.54 Å². The van der Waals surface area contributed by atoms with Gasteiger partial charge in [-0.1, -0.05) is 6.07 Å². The zero-order valence-corrected chi connectivity index (χ0v) is 11.5. The molecule has 5 heteroatoms. The van der Waals surface area contributed by atoms with Crippen molar-refractivity contribution in [2.24, 2.45) is 5.73 Å². The summed E-state index contributed by atoms with van der Waals surface area (Å²) in [7, 11) is 4.18. The molecule has 0 radical (unpaired) electrons. The highest BCUT2D eigenvalue weighted by Crippen LogP contribution is 2.19. The van der Waals surface area contributed by atoms with Gasteiger partial charge in [0.25, 0.3) is 0 Å². The molecular weight excluding hydrogens is 243 g/mol. The second kappa shape index (κ2) is 5.67. The number of amidine groups is 1. The molecular formula is C14H21FN4. The lowest BCUT2D eigenvalue weighted by atomic mass is 10.1. The average Bonchev–Trinajstić information content (AvgIpc) is 2.80. The van der Waals surface area contributed by atoms with Crippen molar-refractivity contribution in [2.75, 3.05) is 27.2 Å². The number of likely N-dealkylation sites (tertiary alicyclic amines) is 1. The fourth-order valence-corrected chi connectivity index (χ4v) is 2.56. The van der Waals surface area contributed by atoms with Crippen LogP contribution in [0, 0.1) is 11.2 Å². The molecule has 1 unspecified atom stereocenters. The maximum atomic E-state index is 13.2. The molecule has 1 heterocycles. The van der Waals surface area contributed by atoms with E-state index in [2.05, 4.69) is 23.9 Å². The lowest BCUT2D eigenvalue weighted by Crippen LogP contribution is -2.31. The van der Waals surface area contributed by atoms with E-state index < -0.39 is 0 Å². The van der Waals surface area contributed by atoms with Crippen LogP contribution in [0.15, 0.2) is 18.2 Å². The molecule has 1 aromatic carbocycles. The molecule has 3 N–H and O–H groups in total. The molecule has 1 aliphatic rings. The lowest BCUT2D eigenvalue weighted by Gasteiger charge is -2.21. The third-order valence-corrected chi connectivity index (χ3v) is 3.73. The van der Waals surface area contributed by atoms with E-state index in [1.807, 2.05) is 0 Å². The van der Waals surface area contributed by atoms with Crippen molar-refractivity contribution in [3.05, 3.63) is 35.1 Å². The van der Waals surface area contributed by atoms with Crippen LogP contribution in [0.5, 0.6) is 0 Å². The first kappa shape index (κ1) is 14.0. The van der Waals surface area contributed by atoms with E-state index in [1.165, 1.54) is 12.1 Å². The van der Waals surface area contributed by atoms with Gasteiger partial charge in [-0.05, 0) is 38.2 Å². The summed E-state index contributed by atoms with van der Waals surface area (Å²) in [6.07, 6.45) is 1.14. The van der Waals surface area contributed by atoms with Crippen molar-refractivity contribution >= 4 is 5.84 Å². The highest BCUT2D eigenvalue weighted by molar-refractivity contribution is 5.96. The maximum Gasteiger partial charge on any atom is 0.123 e. The predicted octanol–water partition coefficient (Wildman–Crippen LogP) is 1.25. The van der Waals surface area contributed by atoms with Gasteiger partial charge in [-0.15, -0.1) is 0 Å². The van der Waals surface area contributed by atoms with Gasteiger partial charge in [0.05, 0.1) is 0 Å². The van der Waals surface area contributed by atoms with E-state index in [9.17, 15) is 4.39 Å². The first-order chi connectivity index (χ1) is 8.97. The lowest BCUT2D eigenvalue weighted by molar-refractivity contribution is 0.264. The Labute approximate surface area is 113 Å².